The molecule has 4 saturated carbocycles. The van der Waals surface area contributed by atoms with E-state index in [-0.39, 0.29) is 16.2 Å². The topological polar surface area (TPSA) is 32.8 Å². The summed E-state index contributed by atoms with van der Waals surface area (Å²) in [5, 5.41) is 7.11. The summed E-state index contributed by atoms with van der Waals surface area (Å²) in [6, 6.07) is 68.5. The minimum Gasteiger partial charge on any atom is -0.454 e. The Labute approximate surface area is 434 Å². The molecule has 4 bridgehead atoms. The number of nitrogens with zero attached hydrogens (tertiary/aromatic N) is 2. The fraction of sp³-hybridized carbons (Fsp3) is 0.257. The van der Waals surface area contributed by atoms with E-state index < -0.39 is 0 Å². The SMILES string of the molecule is CC(C)(C)c1ccc(N(c2ccc3c(c2)C2(c4cc5cc(N(c6ccc(C(C)(C)C)cc6)c6cccc7c6oc6ccccc67)ccc5cc4-3)C3CC4CC(C3)CC2C4)c2cccc3c2oc2ccccc23)cc1. The maximum absolute atomic E-state index is 6.85. The van der Waals surface area contributed by atoms with E-state index >= 15 is 0 Å². The summed E-state index contributed by atoms with van der Waals surface area (Å²) in [6.45, 7) is 13.8. The lowest BCUT2D eigenvalue weighted by molar-refractivity contribution is -0.0398. The molecule has 0 N–H and O–H groups in total. The maximum Gasteiger partial charge on any atom is 0.159 e. The van der Waals surface area contributed by atoms with Gasteiger partial charge >= 0.3 is 0 Å². The molecule has 0 aliphatic heterocycles. The van der Waals surface area contributed by atoms with Crippen LogP contribution in [0.1, 0.15) is 95.9 Å². The van der Waals surface area contributed by atoms with Gasteiger partial charge in [0.2, 0.25) is 0 Å². The molecule has 16 rings (SSSR count). The fourth-order valence-electron chi connectivity index (χ4n) is 15.1. The summed E-state index contributed by atoms with van der Waals surface area (Å²) in [5.41, 5.74) is 18.8. The molecular formula is C70H62N2O2. The van der Waals surface area contributed by atoms with Crippen molar-refractivity contribution >= 4 is 88.8 Å². The highest BCUT2D eigenvalue weighted by Gasteiger charge is 2.61. The molecule has 11 aromatic rings. The Kier molecular flexibility index (Phi) is 9.35. The minimum absolute atomic E-state index is 0.0379. The van der Waals surface area contributed by atoms with Crippen molar-refractivity contribution in [2.45, 2.75) is 89.9 Å². The Balaban J connectivity index is 0.925. The van der Waals surface area contributed by atoms with Crippen molar-refractivity contribution in [1.29, 1.82) is 0 Å². The van der Waals surface area contributed by atoms with Crippen molar-refractivity contribution in [3.05, 3.63) is 204 Å². The van der Waals surface area contributed by atoms with Gasteiger partial charge in [-0.25, -0.2) is 0 Å². The van der Waals surface area contributed by atoms with Crippen molar-refractivity contribution in [2.24, 2.45) is 23.7 Å². The molecule has 4 nitrogen and oxygen atoms in total. The van der Waals surface area contributed by atoms with Gasteiger partial charge in [-0.05, 0) is 196 Å². The van der Waals surface area contributed by atoms with Crippen LogP contribution in [0, 0.1) is 23.7 Å². The molecule has 0 radical (unpaired) electrons. The number of hydrogen-bond donors (Lipinski definition) is 0. The predicted octanol–water partition coefficient (Wildman–Crippen LogP) is 19.9. The smallest absolute Gasteiger partial charge is 0.159 e. The number of anilines is 6. The summed E-state index contributed by atoms with van der Waals surface area (Å²) in [5.74, 6) is 2.84. The van der Waals surface area contributed by atoms with Crippen LogP contribution in [0.3, 0.4) is 0 Å². The number of fused-ring (bicyclic) bond motifs is 10. The molecule has 0 atom stereocenters. The molecule has 0 amide bonds. The molecule has 5 aliphatic rings. The zero-order valence-electron chi connectivity index (χ0n) is 43.4. The molecule has 0 saturated heterocycles. The lowest BCUT2D eigenvalue weighted by Gasteiger charge is -2.61. The molecular weight excluding hydrogens is 901 g/mol. The quantitative estimate of drug-likeness (QED) is 0.166. The second kappa shape index (κ2) is 15.7. The lowest BCUT2D eigenvalue weighted by atomic mass is 9.43. The highest BCUT2D eigenvalue weighted by molar-refractivity contribution is 6.12. The molecule has 1 spiro atoms. The highest BCUT2D eigenvalue weighted by atomic mass is 16.3. The minimum atomic E-state index is -0.0756. The van der Waals surface area contributed by atoms with Gasteiger partial charge in [0.25, 0.3) is 0 Å². The number of furan rings is 2. The first kappa shape index (κ1) is 44.0. The average molecular weight is 963 g/mol. The van der Waals surface area contributed by atoms with E-state index in [1.807, 2.05) is 0 Å². The summed E-state index contributed by atoms with van der Waals surface area (Å²) < 4.78 is 13.6. The second-order valence-corrected chi connectivity index (χ2v) is 24.6. The summed E-state index contributed by atoms with van der Waals surface area (Å²) >= 11 is 0. The van der Waals surface area contributed by atoms with Crippen LogP contribution in [0.15, 0.2) is 191 Å². The number of hydrogen-bond acceptors (Lipinski definition) is 4. The van der Waals surface area contributed by atoms with Crippen LogP contribution in [0.25, 0.3) is 65.8 Å². The Morgan fingerprint density at radius 2 is 0.851 bits per heavy atom. The van der Waals surface area contributed by atoms with Gasteiger partial charge in [0.15, 0.2) is 11.2 Å². The monoisotopic (exact) mass is 962 g/mol. The number of benzene rings is 9. The van der Waals surface area contributed by atoms with E-state index in [0.717, 1.165) is 84.1 Å². The second-order valence-electron chi connectivity index (χ2n) is 24.6. The van der Waals surface area contributed by atoms with Crippen molar-refractivity contribution in [1.82, 2.24) is 0 Å². The average Bonchev–Trinajstić information content (AvgIpc) is 4.10. The van der Waals surface area contributed by atoms with Crippen LogP contribution in [0.5, 0.6) is 0 Å². The third-order valence-electron chi connectivity index (χ3n) is 18.3. The van der Waals surface area contributed by atoms with Crippen LogP contribution in [0.2, 0.25) is 0 Å². The van der Waals surface area contributed by atoms with E-state index in [1.165, 1.54) is 76.4 Å². The zero-order valence-corrected chi connectivity index (χ0v) is 43.4. The Hall–Kier alpha value is -7.56. The molecule has 2 heterocycles. The first-order chi connectivity index (χ1) is 35.9. The van der Waals surface area contributed by atoms with Crippen molar-refractivity contribution in [2.75, 3.05) is 9.80 Å². The van der Waals surface area contributed by atoms with E-state index in [1.54, 1.807) is 5.56 Å². The largest absolute Gasteiger partial charge is 0.454 e. The van der Waals surface area contributed by atoms with Gasteiger partial charge in [-0.15, -0.1) is 0 Å². The van der Waals surface area contributed by atoms with E-state index in [4.69, 9.17) is 8.83 Å². The van der Waals surface area contributed by atoms with Crippen LogP contribution >= 0.6 is 0 Å². The van der Waals surface area contributed by atoms with Gasteiger partial charge in [-0.2, -0.15) is 0 Å². The zero-order chi connectivity index (χ0) is 49.8. The van der Waals surface area contributed by atoms with Crippen LogP contribution in [0.4, 0.5) is 34.1 Å². The summed E-state index contributed by atoms with van der Waals surface area (Å²) in [6.07, 6.45) is 6.65. The Morgan fingerprint density at radius 3 is 1.38 bits per heavy atom. The third-order valence-corrected chi connectivity index (χ3v) is 18.3. The summed E-state index contributed by atoms with van der Waals surface area (Å²) in [4.78, 5) is 4.91. The molecule has 9 aromatic carbocycles. The molecule has 5 aliphatic carbocycles. The van der Waals surface area contributed by atoms with Crippen molar-refractivity contribution < 1.29 is 8.83 Å². The Morgan fingerprint density at radius 1 is 0.392 bits per heavy atom. The first-order valence-corrected chi connectivity index (χ1v) is 27.2. The molecule has 2 aromatic heterocycles. The number of para-hydroxylation sites is 4. The highest BCUT2D eigenvalue weighted by Crippen LogP contribution is 2.70. The van der Waals surface area contributed by atoms with Gasteiger partial charge in [-0.3, -0.25) is 0 Å². The predicted molar refractivity (Wildman–Crippen MR) is 309 cm³/mol. The van der Waals surface area contributed by atoms with Crippen LogP contribution < -0.4 is 9.80 Å². The van der Waals surface area contributed by atoms with Crippen molar-refractivity contribution in [3.63, 3.8) is 0 Å². The van der Waals surface area contributed by atoms with E-state index in [2.05, 4.69) is 233 Å². The van der Waals surface area contributed by atoms with Gasteiger partial charge in [-0.1, -0.05) is 139 Å². The van der Waals surface area contributed by atoms with Crippen molar-refractivity contribution in [3.8, 4) is 11.1 Å². The van der Waals surface area contributed by atoms with Crippen LogP contribution in [-0.4, -0.2) is 0 Å². The molecule has 0 unspecified atom stereocenters. The molecule has 4 fully saturated rings. The molecule has 74 heavy (non-hydrogen) atoms. The van der Waals surface area contributed by atoms with E-state index in [9.17, 15) is 0 Å². The fourth-order valence-corrected chi connectivity index (χ4v) is 15.1. The standard InChI is InChI=1S/C70H62N2O2/c1-68(2,3)46-22-27-50(28-23-46)71(62-17-11-15-57-55-13-7-9-19-64(55)73-66(57)62)52-26-21-44-39-59-54-32-31-53(41-61(54)70(60(59)40-45(44)38-52)48-34-42-33-43(36-48)37-49(70)35-42)72(51-29-24-47(25-30-51)69(4,5)6)63-18-12-16-58-56-14-8-10-20-65(56)74-67(58)63/h7-32,38-43,48-49H,33-37H2,1-6H3. The summed E-state index contributed by atoms with van der Waals surface area (Å²) in [7, 11) is 0. The van der Waals surface area contributed by atoms with Gasteiger partial charge < -0.3 is 18.6 Å². The van der Waals surface area contributed by atoms with Gasteiger partial charge in [0.1, 0.15) is 11.2 Å². The Bertz CT molecular complexity index is 4030. The molecule has 4 heteroatoms. The lowest BCUT2D eigenvalue weighted by Crippen LogP contribution is -2.55. The normalized spacial score (nSPS) is 20.9. The first-order valence-electron chi connectivity index (χ1n) is 27.2. The van der Waals surface area contributed by atoms with E-state index in [0.29, 0.717) is 11.8 Å². The maximum atomic E-state index is 6.85. The van der Waals surface area contributed by atoms with Crippen LogP contribution in [-0.2, 0) is 16.2 Å². The molecule has 364 valence electrons. The number of rotatable bonds is 6. The van der Waals surface area contributed by atoms with Gasteiger partial charge in [0, 0.05) is 49.7 Å². The van der Waals surface area contributed by atoms with Gasteiger partial charge in [0.05, 0.1) is 11.4 Å². The third kappa shape index (κ3) is 6.46.